The smallest absolute Gasteiger partial charge is 0.305 e. The number of aromatic amines is 1. The molecule has 0 fully saturated rings. The van der Waals surface area contributed by atoms with Crippen LogP contribution >= 0.6 is 11.3 Å². The minimum absolute atomic E-state index is 0.140. The number of hydrogen-bond donors (Lipinski definition) is 1. The predicted octanol–water partition coefficient (Wildman–Crippen LogP) is 2.04. The van der Waals surface area contributed by atoms with Crippen LogP contribution in [0.15, 0.2) is 16.9 Å². The first kappa shape index (κ1) is 7.49. The zero-order valence-electron chi connectivity index (χ0n) is 6.35. The highest BCUT2D eigenvalue weighted by Gasteiger charge is 2.03. The number of benzene rings is 1. The van der Waals surface area contributed by atoms with Gasteiger partial charge in [-0.3, -0.25) is 4.79 Å². The third-order valence-corrected chi connectivity index (χ3v) is 2.52. The molecule has 0 radical (unpaired) electrons. The van der Waals surface area contributed by atoms with Gasteiger partial charge in [0, 0.05) is 0 Å². The van der Waals surface area contributed by atoms with Crippen molar-refractivity contribution in [3.05, 3.63) is 33.2 Å². The van der Waals surface area contributed by atoms with Crippen molar-refractivity contribution in [3.8, 4) is 0 Å². The Balaban J connectivity index is 2.97. The van der Waals surface area contributed by atoms with Crippen molar-refractivity contribution >= 4 is 21.6 Å². The van der Waals surface area contributed by atoms with Gasteiger partial charge in [0.25, 0.3) is 0 Å². The molecule has 2 aromatic rings. The average Bonchev–Trinajstić information content (AvgIpc) is 2.29. The molecule has 4 heteroatoms. The van der Waals surface area contributed by atoms with Gasteiger partial charge in [-0.05, 0) is 24.6 Å². The number of nitrogens with one attached hydrogen (secondary N) is 1. The third kappa shape index (κ3) is 1.04. The normalized spacial score (nSPS) is 10.8. The largest absolute Gasteiger partial charge is 0.312 e. The molecule has 12 heavy (non-hydrogen) atoms. The SMILES string of the molecule is Cc1cc(F)cc2sc(=O)[nH]c12. The molecule has 0 amide bonds. The molecule has 0 aliphatic heterocycles. The summed E-state index contributed by atoms with van der Waals surface area (Å²) in [5, 5.41) is 0. The second-order valence-electron chi connectivity index (χ2n) is 2.61. The first-order chi connectivity index (χ1) is 5.66. The van der Waals surface area contributed by atoms with Gasteiger partial charge < -0.3 is 4.98 Å². The van der Waals surface area contributed by atoms with Crippen LogP contribution in [0.2, 0.25) is 0 Å². The van der Waals surface area contributed by atoms with Crippen molar-refractivity contribution in [2.45, 2.75) is 6.92 Å². The summed E-state index contributed by atoms with van der Waals surface area (Å²) in [6, 6.07) is 2.77. The summed E-state index contributed by atoms with van der Waals surface area (Å²) in [7, 11) is 0. The van der Waals surface area contributed by atoms with Crippen LogP contribution in [0.5, 0.6) is 0 Å². The number of halogens is 1. The Hall–Kier alpha value is -1.16. The summed E-state index contributed by atoms with van der Waals surface area (Å²) in [5.74, 6) is -0.296. The Labute approximate surface area is 71.7 Å². The topological polar surface area (TPSA) is 32.9 Å². The Kier molecular flexibility index (Phi) is 1.51. The molecule has 0 saturated carbocycles. The summed E-state index contributed by atoms with van der Waals surface area (Å²) in [6.07, 6.45) is 0. The van der Waals surface area contributed by atoms with Crippen LogP contribution < -0.4 is 4.87 Å². The molecule has 2 nitrogen and oxygen atoms in total. The molecule has 1 aromatic heterocycles. The summed E-state index contributed by atoms with van der Waals surface area (Å²) in [4.78, 5) is 13.4. The number of rotatable bonds is 0. The average molecular weight is 183 g/mol. The van der Waals surface area contributed by atoms with Crippen molar-refractivity contribution in [3.63, 3.8) is 0 Å². The van der Waals surface area contributed by atoms with Gasteiger partial charge in [-0.2, -0.15) is 0 Å². The molecule has 62 valence electrons. The lowest BCUT2D eigenvalue weighted by molar-refractivity contribution is 0.629. The van der Waals surface area contributed by atoms with Gasteiger partial charge in [0.2, 0.25) is 0 Å². The predicted molar refractivity (Wildman–Crippen MR) is 47.1 cm³/mol. The van der Waals surface area contributed by atoms with E-state index in [1.807, 2.05) is 0 Å². The van der Waals surface area contributed by atoms with E-state index in [4.69, 9.17) is 0 Å². The minimum Gasteiger partial charge on any atom is -0.312 e. The number of H-pyrrole nitrogens is 1. The van der Waals surface area contributed by atoms with Gasteiger partial charge in [-0.15, -0.1) is 0 Å². The van der Waals surface area contributed by atoms with E-state index in [0.717, 1.165) is 22.4 Å². The van der Waals surface area contributed by atoms with Crippen molar-refractivity contribution in [1.29, 1.82) is 0 Å². The van der Waals surface area contributed by atoms with E-state index >= 15 is 0 Å². The van der Waals surface area contributed by atoms with E-state index in [1.165, 1.54) is 12.1 Å². The zero-order chi connectivity index (χ0) is 8.72. The fourth-order valence-corrected chi connectivity index (χ4v) is 2.02. The number of aromatic nitrogens is 1. The lowest BCUT2D eigenvalue weighted by Crippen LogP contribution is -1.90. The highest BCUT2D eigenvalue weighted by atomic mass is 32.1. The van der Waals surface area contributed by atoms with Gasteiger partial charge in [0.15, 0.2) is 0 Å². The second kappa shape index (κ2) is 2.42. The van der Waals surface area contributed by atoms with Crippen LogP contribution in [0.25, 0.3) is 10.2 Å². The first-order valence-electron chi connectivity index (χ1n) is 3.46. The Morgan fingerprint density at radius 2 is 2.25 bits per heavy atom. The maximum absolute atomic E-state index is 12.8. The minimum atomic E-state index is -0.296. The van der Waals surface area contributed by atoms with Crippen molar-refractivity contribution < 1.29 is 4.39 Å². The quantitative estimate of drug-likeness (QED) is 0.666. The molecule has 1 aromatic carbocycles. The van der Waals surface area contributed by atoms with Crippen LogP contribution in [0, 0.1) is 12.7 Å². The maximum Gasteiger partial charge on any atom is 0.305 e. The highest BCUT2D eigenvalue weighted by Crippen LogP contribution is 2.19. The Morgan fingerprint density at radius 3 is 3.00 bits per heavy atom. The van der Waals surface area contributed by atoms with Gasteiger partial charge in [-0.1, -0.05) is 11.3 Å². The molecular formula is C8H6FNOS. The van der Waals surface area contributed by atoms with E-state index in [9.17, 15) is 9.18 Å². The summed E-state index contributed by atoms with van der Waals surface area (Å²) in [5.41, 5.74) is 1.51. The maximum atomic E-state index is 12.8. The van der Waals surface area contributed by atoms with Crippen LogP contribution in [0.1, 0.15) is 5.56 Å². The van der Waals surface area contributed by atoms with Crippen LogP contribution in [-0.2, 0) is 0 Å². The van der Waals surface area contributed by atoms with Gasteiger partial charge in [0.1, 0.15) is 5.82 Å². The Morgan fingerprint density at radius 1 is 1.50 bits per heavy atom. The summed E-state index contributed by atoms with van der Waals surface area (Å²) < 4.78 is 13.5. The van der Waals surface area contributed by atoms with E-state index in [1.54, 1.807) is 6.92 Å². The van der Waals surface area contributed by atoms with E-state index in [-0.39, 0.29) is 10.7 Å². The van der Waals surface area contributed by atoms with E-state index in [0.29, 0.717) is 4.70 Å². The van der Waals surface area contributed by atoms with Crippen molar-refractivity contribution in [1.82, 2.24) is 4.98 Å². The second-order valence-corrected chi connectivity index (χ2v) is 3.63. The molecule has 0 aliphatic carbocycles. The number of thiazole rings is 1. The van der Waals surface area contributed by atoms with Gasteiger partial charge in [-0.25, -0.2) is 4.39 Å². The fraction of sp³-hybridized carbons (Fsp3) is 0.125. The van der Waals surface area contributed by atoms with Crippen molar-refractivity contribution in [2.75, 3.05) is 0 Å². The molecular weight excluding hydrogens is 177 g/mol. The zero-order valence-corrected chi connectivity index (χ0v) is 7.17. The van der Waals surface area contributed by atoms with Crippen molar-refractivity contribution in [2.24, 2.45) is 0 Å². The summed E-state index contributed by atoms with van der Waals surface area (Å²) >= 11 is 1.03. The standard InChI is InChI=1S/C8H6FNOS/c1-4-2-5(9)3-6-7(4)10-8(11)12-6/h2-3H,1H3,(H,10,11). The number of fused-ring (bicyclic) bond motifs is 1. The molecule has 0 unspecified atom stereocenters. The summed E-state index contributed by atoms with van der Waals surface area (Å²) in [6.45, 7) is 1.77. The molecule has 0 aliphatic rings. The van der Waals surface area contributed by atoms with Gasteiger partial charge in [0.05, 0.1) is 10.2 Å². The van der Waals surface area contributed by atoms with Crippen LogP contribution in [0.3, 0.4) is 0 Å². The Bertz CT molecular complexity index is 485. The van der Waals surface area contributed by atoms with Gasteiger partial charge >= 0.3 is 4.87 Å². The molecule has 2 rings (SSSR count). The lowest BCUT2D eigenvalue weighted by Gasteiger charge is -1.93. The third-order valence-electron chi connectivity index (χ3n) is 1.69. The number of aryl methyl sites for hydroxylation is 1. The lowest BCUT2D eigenvalue weighted by atomic mass is 10.2. The molecule has 0 spiro atoms. The first-order valence-corrected chi connectivity index (χ1v) is 4.27. The molecule has 1 heterocycles. The van der Waals surface area contributed by atoms with E-state index in [2.05, 4.69) is 4.98 Å². The molecule has 0 bridgehead atoms. The molecule has 0 saturated heterocycles. The van der Waals surface area contributed by atoms with Crippen LogP contribution in [-0.4, -0.2) is 4.98 Å². The molecule has 1 N–H and O–H groups in total. The highest BCUT2D eigenvalue weighted by molar-refractivity contribution is 7.16. The van der Waals surface area contributed by atoms with E-state index < -0.39 is 0 Å². The molecule has 0 atom stereocenters. The van der Waals surface area contributed by atoms with Crippen LogP contribution in [0.4, 0.5) is 4.39 Å². The monoisotopic (exact) mass is 183 g/mol. The fourth-order valence-electron chi connectivity index (χ4n) is 1.18. The number of hydrogen-bond acceptors (Lipinski definition) is 2.